The molecule has 0 bridgehead atoms. The normalized spacial score (nSPS) is 31.5. The summed E-state index contributed by atoms with van der Waals surface area (Å²) in [6.45, 7) is 1.63. The number of unbranched alkanes of at least 4 members (excludes halogenated alkanes) is 19. The first-order valence-electron chi connectivity index (χ1n) is 28.7. The molecule has 3 saturated heterocycles. The predicted molar refractivity (Wildman–Crippen MR) is 282 cm³/mol. The zero-order chi connectivity index (χ0) is 54.8. The van der Waals surface area contributed by atoms with E-state index in [4.69, 9.17) is 28.4 Å². The third-order valence-electron chi connectivity index (χ3n) is 14.5. The minimum atomic E-state index is -1.97. The quantitative estimate of drug-likeness (QED) is 0.0302. The minimum absolute atomic E-state index is 0.231. The van der Waals surface area contributed by atoms with E-state index in [0.717, 1.165) is 64.2 Å². The molecular weight excluding hydrogens is 975 g/mol. The summed E-state index contributed by atoms with van der Waals surface area (Å²) in [5.74, 6) is -0.273. The number of nitrogens with one attached hydrogen (secondary N) is 1. The molecule has 0 aromatic heterocycles. The van der Waals surface area contributed by atoms with Crippen molar-refractivity contribution in [2.75, 3.05) is 26.4 Å². The summed E-state index contributed by atoms with van der Waals surface area (Å²) in [4.78, 5) is 13.3. The fourth-order valence-corrected chi connectivity index (χ4v) is 9.74. The van der Waals surface area contributed by atoms with Crippen LogP contribution < -0.4 is 5.32 Å². The zero-order valence-corrected chi connectivity index (χ0v) is 45.3. The van der Waals surface area contributed by atoms with Gasteiger partial charge in [0, 0.05) is 6.42 Å². The Morgan fingerprint density at radius 1 is 0.493 bits per heavy atom. The van der Waals surface area contributed by atoms with Gasteiger partial charge >= 0.3 is 0 Å². The Labute approximate surface area is 447 Å². The van der Waals surface area contributed by atoms with Gasteiger partial charge in [-0.15, -0.1) is 0 Å². The van der Waals surface area contributed by atoms with Crippen molar-refractivity contribution in [3.8, 4) is 0 Å². The first-order chi connectivity index (χ1) is 36.3. The van der Waals surface area contributed by atoms with Crippen LogP contribution in [-0.2, 0) is 33.2 Å². The molecule has 3 fully saturated rings. The van der Waals surface area contributed by atoms with Crippen LogP contribution >= 0.6 is 0 Å². The molecule has 12 N–H and O–H groups in total. The van der Waals surface area contributed by atoms with Crippen molar-refractivity contribution < 1.29 is 89.4 Å². The standard InChI is InChI=1S/C56H101NO18/c1-3-5-7-9-11-13-15-17-18-19-20-22-23-25-27-29-31-33-40(61)39(57-44(62)34-32-30-28-26-24-21-16-14-12-10-8-6-4-2)38-70-54-50(68)47(65)52(42(36-59)72-54)75-56-51(69)48(66)53(43(37-60)73-56)74-55-49(67)46(64)45(63)41(35-58)71-55/h6,8,12,14,21,24,39-43,45-56,58-61,63-69H,3-5,7,9-11,13,15-20,22-23,25-38H2,1-2H3,(H,57,62)/b8-6-,14-12-,24-21-. The first-order valence-corrected chi connectivity index (χ1v) is 28.7. The van der Waals surface area contributed by atoms with Crippen LogP contribution in [0.2, 0.25) is 0 Å². The maximum Gasteiger partial charge on any atom is 0.220 e. The number of carbonyl (C=O) groups is 1. The number of rotatable bonds is 41. The average Bonchev–Trinajstić information content (AvgIpc) is 3.41. The van der Waals surface area contributed by atoms with E-state index in [2.05, 4.69) is 55.6 Å². The monoisotopic (exact) mass is 1080 g/mol. The number of hydrogen-bond donors (Lipinski definition) is 12. The topological polar surface area (TPSA) is 307 Å². The van der Waals surface area contributed by atoms with E-state index in [1.807, 2.05) is 0 Å². The summed E-state index contributed by atoms with van der Waals surface area (Å²) in [5.41, 5.74) is 0. The van der Waals surface area contributed by atoms with Gasteiger partial charge in [0.1, 0.15) is 73.2 Å². The van der Waals surface area contributed by atoms with Crippen molar-refractivity contribution in [1.29, 1.82) is 0 Å². The van der Waals surface area contributed by atoms with Crippen LogP contribution in [0, 0.1) is 0 Å². The van der Waals surface area contributed by atoms with E-state index in [1.54, 1.807) is 0 Å². The van der Waals surface area contributed by atoms with Gasteiger partial charge in [0.25, 0.3) is 0 Å². The van der Waals surface area contributed by atoms with Crippen molar-refractivity contribution in [2.24, 2.45) is 0 Å². The van der Waals surface area contributed by atoms with Gasteiger partial charge < -0.3 is 89.9 Å². The summed E-state index contributed by atoms with van der Waals surface area (Å²) in [6, 6.07) is -0.901. The lowest BCUT2D eigenvalue weighted by Gasteiger charge is -2.48. The number of carbonyl (C=O) groups excluding carboxylic acids is 1. The molecule has 0 aromatic rings. The van der Waals surface area contributed by atoms with Gasteiger partial charge in [-0.05, 0) is 44.9 Å². The van der Waals surface area contributed by atoms with Gasteiger partial charge in [-0.1, -0.05) is 166 Å². The molecule has 438 valence electrons. The Kier molecular flexibility index (Phi) is 36.1. The van der Waals surface area contributed by atoms with E-state index in [1.165, 1.54) is 83.5 Å². The van der Waals surface area contributed by atoms with Crippen molar-refractivity contribution in [2.45, 2.75) is 285 Å². The van der Waals surface area contributed by atoms with Crippen LogP contribution in [0.3, 0.4) is 0 Å². The van der Waals surface area contributed by atoms with E-state index in [9.17, 15) is 61.0 Å². The van der Waals surface area contributed by atoms with Crippen molar-refractivity contribution in [3.63, 3.8) is 0 Å². The lowest BCUT2D eigenvalue weighted by Crippen LogP contribution is -2.66. The van der Waals surface area contributed by atoms with E-state index >= 15 is 0 Å². The van der Waals surface area contributed by atoms with Crippen LogP contribution in [0.4, 0.5) is 0 Å². The molecule has 0 radical (unpaired) electrons. The maximum absolute atomic E-state index is 13.3. The molecule has 75 heavy (non-hydrogen) atoms. The zero-order valence-electron chi connectivity index (χ0n) is 45.3. The lowest BCUT2D eigenvalue weighted by molar-refractivity contribution is -0.379. The smallest absolute Gasteiger partial charge is 0.220 e. The third-order valence-corrected chi connectivity index (χ3v) is 14.5. The van der Waals surface area contributed by atoms with Crippen LogP contribution in [0.15, 0.2) is 36.5 Å². The van der Waals surface area contributed by atoms with Gasteiger partial charge in [-0.3, -0.25) is 4.79 Å². The Hall–Kier alpha value is -1.99. The predicted octanol–water partition coefficient (Wildman–Crippen LogP) is 4.15. The Bertz CT molecular complexity index is 1520. The van der Waals surface area contributed by atoms with Gasteiger partial charge in [0.15, 0.2) is 18.9 Å². The highest BCUT2D eigenvalue weighted by Gasteiger charge is 2.53. The summed E-state index contributed by atoms with van der Waals surface area (Å²) in [5, 5.41) is 120. The number of amides is 1. The second kappa shape index (κ2) is 40.2. The molecule has 3 aliphatic rings. The second-order valence-electron chi connectivity index (χ2n) is 20.7. The van der Waals surface area contributed by atoms with E-state index in [0.29, 0.717) is 12.8 Å². The molecule has 19 heteroatoms. The highest BCUT2D eigenvalue weighted by atomic mass is 16.8. The van der Waals surface area contributed by atoms with Crippen LogP contribution in [0.5, 0.6) is 0 Å². The Morgan fingerprint density at radius 2 is 0.920 bits per heavy atom. The number of aliphatic hydroxyl groups is 11. The third kappa shape index (κ3) is 24.9. The molecule has 19 nitrogen and oxygen atoms in total. The summed E-state index contributed by atoms with van der Waals surface area (Å²) in [6.07, 6.45) is 13.8. The molecule has 0 aliphatic carbocycles. The van der Waals surface area contributed by atoms with Crippen molar-refractivity contribution in [3.05, 3.63) is 36.5 Å². The summed E-state index contributed by atoms with van der Waals surface area (Å²) >= 11 is 0. The van der Waals surface area contributed by atoms with Gasteiger partial charge in [0.2, 0.25) is 5.91 Å². The molecule has 0 aromatic carbocycles. The molecule has 17 atom stereocenters. The second-order valence-corrected chi connectivity index (χ2v) is 20.7. The molecule has 3 aliphatic heterocycles. The molecular formula is C56H101NO18. The van der Waals surface area contributed by atoms with Crippen LogP contribution in [0.1, 0.15) is 181 Å². The Morgan fingerprint density at radius 3 is 1.43 bits per heavy atom. The Balaban J connectivity index is 1.52. The van der Waals surface area contributed by atoms with E-state index < -0.39 is 124 Å². The molecule has 1 amide bonds. The number of allylic oxidation sites excluding steroid dienone is 6. The molecule has 17 unspecified atom stereocenters. The highest BCUT2D eigenvalue weighted by Crippen LogP contribution is 2.33. The van der Waals surface area contributed by atoms with Crippen molar-refractivity contribution >= 4 is 5.91 Å². The minimum Gasteiger partial charge on any atom is -0.394 e. The summed E-state index contributed by atoms with van der Waals surface area (Å²) < 4.78 is 34.2. The first kappa shape index (κ1) is 67.3. The summed E-state index contributed by atoms with van der Waals surface area (Å²) in [7, 11) is 0. The number of ether oxygens (including phenoxy) is 6. The molecule has 3 heterocycles. The molecule has 0 spiro atoms. The van der Waals surface area contributed by atoms with Crippen LogP contribution in [0.25, 0.3) is 0 Å². The van der Waals surface area contributed by atoms with Gasteiger partial charge in [-0.25, -0.2) is 0 Å². The number of aliphatic hydroxyl groups excluding tert-OH is 11. The highest BCUT2D eigenvalue weighted by molar-refractivity contribution is 5.76. The van der Waals surface area contributed by atoms with E-state index in [-0.39, 0.29) is 18.9 Å². The number of hydrogen-bond acceptors (Lipinski definition) is 18. The fourth-order valence-electron chi connectivity index (χ4n) is 9.74. The molecule has 0 saturated carbocycles. The average molecular weight is 1080 g/mol. The fraction of sp³-hybridized carbons (Fsp3) is 0.875. The SMILES string of the molecule is CC/C=C\C/C=C\C/C=C\CCCCCC(=O)NC(COC1OC(CO)C(OC2OC(CO)C(OC3OC(CO)C(O)C(O)C3O)C(O)C2O)C(O)C1O)C(O)CCCCCCCCCCCCCCCCCCC. The van der Waals surface area contributed by atoms with Crippen LogP contribution in [-0.4, -0.2) is 193 Å². The molecule has 3 rings (SSSR count). The van der Waals surface area contributed by atoms with Gasteiger partial charge in [0.05, 0.1) is 38.6 Å². The van der Waals surface area contributed by atoms with Gasteiger partial charge in [-0.2, -0.15) is 0 Å². The largest absolute Gasteiger partial charge is 0.394 e. The maximum atomic E-state index is 13.3. The lowest BCUT2D eigenvalue weighted by atomic mass is 9.96. The van der Waals surface area contributed by atoms with Crippen molar-refractivity contribution in [1.82, 2.24) is 5.32 Å².